The van der Waals surface area contributed by atoms with Gasteiger partial charge in [0.2, 0.25) is 0 Å². The topological polar surface area (TPSA) is 15.7 Å². The van der Waals surface area contributed by atoms with E-state index in [-0.39, 0.29) is 0 Å². The third kappa shape index (κ3) is 5.82. The van der Waals surface area contributed by atoms with E-state index in [9.17, 15) is 0 Å². The van der Waals surface area contributed by atoms with Crippen molar-refractivity contribution in [2.45, 2.75) is 20.0 Å². The van der Waals surface area contributed by atoms with E-state index in [0.29, 0.717) is 6.61 Å². The zero-order chi connectivity index (χ0) is 17.4. The molecule has 2 aromatic carbocycles. The van der Waals surface area contributed by atoms with Crippen LogP contribution in [0.3, 0.4) is 0 Å². The molecule has 0 aliphatic carbocycles. The molecule has 0 bridgehead atoms. The molecule has 0 radical (unpaired) electrons. The van der Waals surface area contributed by atoms with Crippen LogP contribution in [-0.4, -0.2) is 43.6 Å². The fraction of sp³-hybridized carbons (Fsp3) is 0.400. The molecule has 0 fully saturated rings. The molecule has 0 saturated heterocycles. The van der Waals surface area contributed by atoms with Gasteiger partial charge in [-0.2, -0.15) is 0 Å². The van der Waals surface area contributed by atoms with Gasteiger partial charge in [0.15, 0.2) is 0 Å². The first-order valence-electron chi connectivity index (χ1n) is 8.41. The lowest BCUT2D eigenvalue weighted by Crippen LogP contribution is -2.28. The second kappa shape index (κ2) is 9.67. The highest BCUT2D eigenvalue weighted by atomic mass is 35.5. The molecule has 130 valence electrons. The maximum Gasteiger partial charge on any atom is 0.125 e. The van der Waals surface area contributed by atoms with Crippen LogP contribution in [0, 0.1) is 0 Å². The number of likely N-dealkylation sites (N-methyl/N-ethyl adjacent to an activating group) is 1. The van der Waals surface area contributed by atoms with Crippen molar-refractivity contribution < 1.29 is 4.74 Å². The molecule has 0 aliphatic heterocycles. The Kier molecular flexibility index (Phi) is 7.57. The Morgan fingerprint density at radius 2 is 1.71 bits per heavy atom. The summed E-state index contributed by atoms with van der Waals surface area (Å²) in [7, 11) is 4.07. The second-order valence-corrected chi connectivity index (χ2v) is 6.56. The van der Waals surface area contributed by atoms with Crippen molar-refractivity contribution in [3.63, 3.8) is 0 Å². The fourth-order valence-corrected chi connectivity index (χ4v) is 2.84. The monoisotopic (exact) mass is 346 g/mol. The first-order valence-corrected chi connectivity index (χ1v) is 8.79. The smallest absolute Gasteiger partial charge is 0.125 e. The van der Waals surface area contributed by atoms with Crippen LogP contribution in [-0.2, 0) is 13.1 Å². The third-order valence-corrected chi connectivity index (χ3v) is 4.27. The summed E-state index contributed by atoms with van der Waals surface area (Å²) >= 11 is 6.33. The minimum atomic E-state index is 0.654. The SMILES string of the molecule is CCN(CCOc1cccc(Cl)c1CN(C)C)Cc1ccccc1. The summed E-state index contributed by atoms with van der Waals surface area (Å²) in [6, 6.07) is 16.4. The van der Waals surface area contributed by atoms with Crippen molar-refractivity contribution in [1.82, 2.24) is 9.80 Å². The molecule has 4 heteroatoms. The van der Waals surface area contributed by atoms with Crippen LogP contribution in [0.15, 0.2) is 48.5 Å². The summed E-state index contributed by atoms with van der Waals surface area (Å²) in [6.07, 6.45) is 0. The molecule has 0 aromatic heterocycles. The molecular weight excluding hydrogens is 320 g/mol. The van der Waals surface area contributed by atoms with Crippen LogP contribution >= 0.6 is 11.6 Å². The van der Waals surface area contributed by atoms with Crippen LogP contribution in [0.5, 0.6) is 5.75 Å². The Morgan fingerprint density at radius 1 is 0.958 bits per heavy atom. The number of ether oxygens (including phenoxy) is 1. The molecule has 0 saturated carbocycles. The normalized spacial score (nSPS) is 11.2. The minimum absolute atomic E-state index is 0.654. The van der Waals surface area contributed by atoms with Crippen molar-refractivity contribution in [1.29, 1.82) is 0 Å². The summed E-state index contributed by atoms with van der Waals surface area (Å²) in [6.45, 7) is 6.44. The molecule has 0 spiro atoms. The van der Waals surface area contributed by atoms with E-state index in [4.69, 9.17) is 16.3 Å². The standard InChI is InChI=1S/C20H27ClN2O/c1-4-23(15-17-9-6-5-7-10-17)13-14-24-20-12-8-11-19(21)18(20)16-22(2)3/h5-12H,4,13-16H2,1-3H3. The molecule has 0 heterocycles. The van der Waals surface area contributed by atoms with Crippen LogP contribution in [0.1, 0.15) is 18.1 Å². The van der Waals surface area contributed by atoms with Gasteiger partial charge < -0.3 is 9.64 Å². The number of hydrogen-bond acceptors (Lipinski definition) is 3. The van der Waals surface area contributed by atoms with Gasteiger partial charge in [-0.25, -0.2) is 0 Å². The first-order chi connectivity index (χ1) is 11.6. The van der Waals surface area contributed by atoms with Crippen molar-refractivity contribution in [3.8, 4) is 5.75 Å². The molecular formula is C20H27ClN2O. The lowest BCUT2D eigenvalue weighted by Gasteiger charge is -2.22. The number of halogens is 1. The molecule has 0 N–H and O–H groups in total. The van der Waals surface area contributed by atoms with Gasteiger partial charge in [0, 0.05) is 30.2 Å². The Bertz CT molecular complexity index is 616. The molecule has 3 nitrogen and oxygen atoms in total. The summed E-state index contributed by atoms with van der Waals surface area (Å²) in [5, 5.41) is 0.762. The van der Waals surface area contributed by atoms with E-state index in [1.54, 1.807) is 0 Å². The molecule has 2 aromatic rings. The number of rotatable bonds is 9. The average molecular weight is 347 g/mol. The predicted molar refractivity (Wildman–Crippen MR) is 102 cm³/mol. The van der Waals surface area contributed by atoms with Crippen LogP contribution in [0.2, 0.25) is 5.02 Å². The highest BCUT2D eigenvalue weighted by Crippen LogP contribution is 2.27. The molecule has 0 unspecified atom stereocenters. The average Bonchev–Trinajstić information content (AvgIpc) is 2.57. The molecule has 24 heavy (non-hydrogen) atoms. The van der Waals surface area contributed by atoms with E-state index in [0.717, 1.165) is 42.5 Å². The number of hydrogen-bond donors (Lipinski definition) is 0. The van der Waals surface area contributed by atoms with Crippen molar-refractivity contribution in [2.24, 2.45) is 0 Å². The quantitative estimate of drug-likeness (QED) is 0.673. The number of nitrogens with zero attached hydrogens (tertiary/aromatic N) is 2. The van der Waals surface area contributed by atoms with Gasteiger partial charge >= 0.3 is 0 Å². The van der Waals surface area contributed by atoms with Gasteiger partial charge in [-0.15, -0.1) is 0 Å². The summed E-state index contributed by atoms with van der Waals surface area (Å²) in [5.74, 6) is 0.881. The highest BCUT2D eigenvalue weighted by Gasteiger charge is 2.10. The van der Waals surface area contributed by atoms with E-state index in [1.807, 2.05) is 38.4 Å². The van der Waals surface area contributed by atoms with E-state index in [1.165, 1.54) is 5.56 Å². The Balaban J connectivity index is 1.92. The van der Waals surface area contributed by atoms with E-state index < -0.39 is 0 Å². The van der Waals surface area contributed by atoms with Crippen LogP contribution < -0.4 is 4.74 Å². The Labute approximate surface area is 150 Å². The van der Waals surface area contributed by atoms with Gasteiger partial charge in [-0.1, -0.05) is 54.9 Å². The van der Waals surface area contributed by atoms with Crippen molar-refractivity contribution in [2.75, 3.05) is 33.8 Å². The van der Waals surface area contributed by atoms with Crippen LogP contribution in [0.4, 0.5) is 0 Å². The first kappa shape index (κ1) is 18.8. The Hall–Kier alpha value is -1.55. The molecule has 0 aliphatic rings. The van der Waals surface area contributed by atoms with E-state index in [2.05, 4.69) is 41.0 Å². The maximum atomic E-state index is 6.33. The van der Waals surface area contributed by atoms with Gasteiger partial charge in [0.05, 0.1) is 0 Å². The number of benzene rings is 2. The zero-order valence-electron chi connectivity index (χ0n) is 14.8. The van der Waals surface area contributed by atoms with Gasteiger partial charge in [-0.3, -0.25) is 4.90 Å². The minimum Gasteiger partial charge on any atom is -0.492 e. The summed E-state index contributed by atoms with van der Waals surface area (Å²) in [4.78, 5) is 4.48. The second-order valence-electron chi connectivity index (χ2n) is 6.16. The molecule has 0 amide bonds. The highest BCUT2D eigenvalue weighted by molar-refractivity contribution is 6.31. The summed E-state index contributed by atoms with van der Waals surface area (Å²) < 4.78 is 6.04. The van der Waals surface area contributed by atoms with Gasteiger partial charge in [0.1, 0.15) is 12.4 Å². The molecule has 2 rings (SSSR count). The maximum absolute atomic E-state index is 6.33. The molecule has 0 atom stereocenters. The fourth-order valence-electron chi connectivity index (χ4n) is 2.62. The third-order valence-electron chi connectivity index (χ3n) is 3.91. The van der Waals surface area contributed by atoms with Crippen LogP contribution in [0.25, 0.3) is 0 Å². The van der Waals surface area contributed by atoms with E-state index >= 15 is 0 Å². The van der Waals surface area contributed by atoms with Gasteiger partial charge in [-0.05, 0) is 38.3 Å². The summed E-state index contributed by atoms with van der Waals surface area (Å²) in [5.41, 5.74) is 2.38. The lowest BCUT2D eigenvalue weighted by atomic mass is 10.2. The van der Waals surface area contributed by atoms with Crippen molar-refractivity contribution >= 4 is 11.6 Å². The Morgan fingerprint density at radius 3 is 2.38 bits per heavy atom. The lowest BCUT2D eigenvalue weighted by molar-refractivity contribution is 0.208. The largest absolute Gasteiger partial charge is 0.492 e. The predicted octanol–water partition coefficient (Wildman–Crippen LogP) is 4.30. The van der Waals surface area contributed by atoms with Gasteiger partial charge in [0.25, 0.3) is 0 Å². The zero-order valence-corrected chi connectivity index (χ0v) is 15.6. The van der Waals surface area contributed by atoms with Crippen molar-refractivity contribution in [3.05, 3.63) is 64.7 Å².